The molecule has 1 aromatic heterocycles. The summed E-state index contributed by atoms with van der Waals surface area (Å²) in [5.41, 5.74) is 1.60. The highest BCUT2D eigenvalue weighted by molar-refractivity contribution is 5.94. The van der Waals surface area contributed by atoms with Gasteiger partial charge in [-0.3, -0.25) is 14.3 Å². The quantitative estimate of drug-likeness (QED) is 0.301. The number of amides is 2. The van der Waals surface area contributed by atoms with Crippen LogP contribution in [0.15, 0.2) is 48.8 Å². The third-order valence-corrected chi connectivity index (χ3v) is 6.62. The minimum absolute atomic E-state index is 0.0419. The van der Waals surface area contributed by atoms with Crippen LogP contribution < -0.4 is 5.32 Å². The van der Waals surface area contributed by atoms with Crippen LogP contribution >= 0.6 is 0 Å². The molecule has 1 aliphatic rings. The van der Waals surface area contributed by atoms with Gasteiger partial charge in [-0.1, -0.05) is 31.0 Å². The molecular weight excluding hydrogens is 444 g/mol. The van der Waals surface area contributed by atoms with Gasteiger partial charge in [-0.2, -0.15) is 5.10 Å². The molecule has 1 aromatic carbocycles. The molecule has 190 valence electrons. The molecular formula is C27H38N4O4. The van der Waals surface area contributed by atoms with E-state index in [9.17, 15) is 9.59 Å². The topological polar surface area (TPSA) is 108 Å². The van der Waals surface area contributed by atoms with Crippen molar-refractivity contribution in [3.63, 3.8) is 0 Å². The van der Waals surface area contributed by atoms with Crippen LogP contribution in [0.3, 0.4) is 0 Å². The SMILES string of the molecule is O=C(/C=C/c1cnn(CCC(CO)CO)c1)NCCCCC1CCN(C(=O)c2ccccc2)CC1. The van der Waals surface area contributed by atoms with Gasteiger partial charge in [0.2, 0.25) is 5.91 Å². The monoisotopic (exact) mass is 482 g/mol. The molecule has 0 unspecified atom stereocenters. The average Bonchev–Trinajstić information content (AvgIpc) is 3.36. The van der Waals surface area contributed by atoms with E-state index >= 15 is 0 Å². The van der Waals surface area contributed by atoms with Gasteiger partial charge in [0.05, 0.1) is 6.20 Å². The standard InChI is InChI=1S/C27H38N4O4/c32-20-24(21-33)13-17-31-19-23(18-29-31)9-10-26(34)28-14-5-4-6-22-11-15-30(16-12-22)27(35)25-7-2-1-3-8-25/h1-3,7-10,18-19,22,24,32-33H,4-6,11-17,20-21H2,(H,28,34)/b10-9+. The van der Waals surface area contributed by atoms with Gasteiger partial charge in [-0.25, -0.2) is 0 Å². The summed E-state index contributed by atoms with van der Waals surface area (Å²) in [5.74, 6) is 0.517. The van der Waals surface area contributed by atoms with Crippen LogP contribution in [0.1, 0.15) is 54.4 Å². The minimum Gasteiger partial charge on any atom is -0.396 e. The number of aryl methyl sites for hydroxylation is 1. The van der Waals surface area contributed by atoms with Gasteiger partial charge in [0.25, 0.3) is 5.91 Å². The number of carbonyl (C=O) groups is 2. The lowest BCUT2D eigenvalue weighted by Crippen LogP contribution is -2.38. The van der Waals surface area contributed by atoms with Crippen LogP contribution in [-0.4, -0.2) is 69.6 Å². The van der Waals surface area contributed by atoms with Crippen LogP contribution in [0.25, 0.3) is 6.08 Å². The molecule has 0 spiro atoms. The molecule has 8 heteroatoms. The Bertz CT molecular complexity index is 932. The Morgan fingerprint density at radius 2 is 1.86 bits per heavy atom. The molecule has 2 amide bonds. The van der Waals surface area contributed by atoms with Crippen molar-refractivity contribution in [2.24, 2.45) is 11.8 Å². The summed E-state index contributed by atoms with van der Waals surface area (Å²) >= 11 is 0. The number of aliphatic hydroxyl groups is 2. The molecule has 8 nitrogen and oxygen atoms in total. The molecule has 1 aliphatic heterocycles. The van der Waals surface area contributed by atoms with Crippen LogP contribution in [-0.2, 0) is 11.3 Å². The molecule has 1 fully saturated rings. The molecule has 0 aliphatic carbocycles. The third kappa shape index (κ3) is 8.96. The molecule has 2 aromatic rings. The van der Waals surface area contributed by atoms with E-state index in [2.05, 4.69) is 10.4 Å². The first-order chi connectivity index (χ1) is 17.1. The van der Waals surface area contributed by atoms with Gasteiger partial charge < -0.3 is 20.4 Å². The van der Waals surface area contributed by atoms with Crippen LogP contribution in [0.2, 0.25) is 0 Å². The highest BCUT2D eigenvalue weighted by Crippen LogP contribution is 2.23. The largest absolute Gasteiger partial charge is 0.396 e. The Balaban J connectivity index is 1.25. The maximum Gasteiger partial charge on any atom is 0.253 e. The summed E-state index contributed by atoms with van der Waals surface area (Å²) in [6.07, 6.45) is 12.7. The second-order valence-corrected chi connectivity index (χ2v) is 9.28. The van der Waals surface area contributed by atoms with Gasteiger partial charge in [0.1, 0.15) is 0 Å². The highest BCUT2D eigenvalue weighted by Gasteiger charge is 2.23. The summed E-state index contributed by atoms with van der Waals surface area (Å²) in [6.45, 7) is 2.81. The zero-order valence-electron chi connectivity index (χ0n) is 20.4. The summed E-state index contributed by atoms with van der Waals surface area (Å²) in [7, 11) is 0. The van der Waals surface area contributed by atoms with Crippen molar-refractivity contribution in [3.05, 3.63) is 59.9 Å². The van der Waals surface area contributed by atoms with E-state index < -0.39 is 0 Å². The molecule has 3 N–H and O–H groups in total. The molecule has 0 atom stereocenters. The van der Waals surface area contributed by atoms with Crippen LogP contribution in [0.4, 0.5) is 0 Å². The van der Waals surface area contributed by atoms with Crippen molar-refractivity contribution in [1.82, 2.24) is 20.0 Å². The van der Waals surface area contributed by atoms with E-state index in [4.69, 9.17) is 10.2 Å². The number of carbonyl (C=O) groups excluding carboxylic acids is 2. The number of hydrogen-bond donors (Lipinski definition) is 3. The number of aliphatic hydroxyl groups excluding tert-OH is 2. The molecule has 3 rings (SSSR count). The van der Waals surface area contributed by atoms with Crippen molar-refractivity contribution in [1.29, 1.82) is 0 Å². The zero-order valence-corrected chi connectivity index (χ0v) is 20.4. The fourth-order valence-electron chi connectivity index (χ4n) is 4.33. The van der Waals surface area contributed by atoms with Gasteiger partial charge in [-0.15, -0.1) is 0 Å². The van der Waals surface area contributed by atoms with E-state index in [1.165, 1.54) is 6.08 Å². The number of nitrogens with zero attached hydrogens (tertiary/aromatic N) is 3. The lowest BCUT2D eigenvalue weighted by molar-refractivity contribution is -0.116. The van der Waals surface area contributed by atoms with E-state index in [1.807, 2.05) is 41.4 Å². The van der Waals surface area contributed by atoms with E-state index in [1.54, 1.807) is 17.0 Å². The molecule has 1 saturated heterocycles. The van der Waals surface area contributed by atoms with Crippen molar-refractivity contribution < 1.29 is 19.8 Å². The Hall–Kier alpha value is -2.97. The Morgan fingerprint density at radius 1 is 1.11 bits per heavy atom. The Morgan fingerprint density at radius 3 is 2.57 bits per heavy atom. The predicted molar refractivity (Wildman–Crippen MR) is 135 cm³/mol. The molecule has 0 saturated carbocycles. The normalized spacial score (nSPS) is 14.7. The number of benzene rings is 1. The molecule has 0 bridgehead atoms. The first kappa shape index (κ1) is 26.6. The minimum atomic E-state index is -0.138. The number of unbranched alkanes of at least 4 members (excludes halogenated alkanes) is 1. The predicted octanol–water partition coefficient (Wildman–Crippen LogP) is 2.73. The molecule has 2 heterocycles. The van der Waals surface area contributed by atoms with Crippen molar-refractivity contribution in [3.8, 4) is 0 Å². The maximum atomic E-state index is 12.6. The van der Waals surface area contributed by atoms with E-state index in [0.29, 0.717) is 25.4 Å². The van der Waals surface area contributed by atoms with E-state index in [-0.39, 0.29) is 30.9 Å². The second kappa shape index (κ2) is 14.4. The Kier molecular flexibility index (Phi) is 11.0. The number of piperidine rings is 1. The number of nitrogens with one attached hydrogen (secondary N) is 1. The number of hydrogen-bond acceptors (Lipinski definition) is 5. The third-order valence-electron chi connectivity index (χ3n) is 6.62. The number of rotatable bonds is 13. The fourth-order valence-corrected chi connectivity index (χ4v) is 4.33. The lowest BCUT2D eigenvalue weighted by Gasteiger charge is -2.32. The van der Waals surface area contributed by atoms with Gasteiger partial charge in [-0.05, 0) is 49.8 Å². The first-order valence-corrected chi connectivity index (χ1v) is 12.6. The van der Waals surface area contributed by atoms with E-state index in [0.717, 1.165) is 56.3 Å². The van der Waals surface area contributed by atoms with Gasteiger partial charge in [0.15, 0.2) is 0 Å². The average molecular weight is 483 g/mol. The van der Waals surface area contributed by atoms with Crippen molar-refractivity contribution in [2.75, 3.05) is 32.8 Å². The zero-order chi connectivity index (χ0) is 24.9. The Labute approximate surface area is 207 Å². The lowest BCUT2D eigenvalue weighted by atomic mass is 9.91. The smallest absolute Gasteiger partial charge is 0.253 e. The van der Waals surface area contributed by atoms with Crippen LogP contribution in [0.5, 0.6) is 0 Å². The number of likely N-dealkylation sites (tertiary alicyclic amines) is 1. The number of aromatic nitrogens is 2. The van der Waals surface area contributed by atoms with Gasteiger partial charge >= 0.3 is 0 Å². The summed E-state index contributed by atoms with van der Waals surface area (Å²) < 4.78 is 1.75. The van der Waals surface area contributed by atoms with Crippen molar-refractivity contribution >= 4 is 17.9 Å². The highest BCUT2D eigenvalue weighted by atomic mass is 16.3. The maximum absolute atomic E-state index is 12.6. The summed E-state index contributed by atoms with van der Waals surface area (Å²) in [6, 6.07) is 9.48. The van der Waals surface area contributed by atoms with Gasteiger partial charge in [0, 0.05) is 68.7 Å². The second-order valence-electron chi connectivity index (χ2n) is 9.28. The molecule has 0 radical (unpaired) electrons. The summed E-state index contributed by atoms with van der Waals surface area (Å²) in [4.78, 5) is 26.6. The van der Waals surface area contributed by atoms with Crippen LogP contribution in [0, 0.1) is 11.8 Å². The summed E-state index contributed by atoms with van der Waals surface area (Å²) in [5, 5.41) is 25.4. The fraction of sp³-hybridized carbons (Fsp3) is 0.519. The van der Waals surface area contributed by atoms with Crippen molar-refractivity contribution in [2.45, 2.75) is 45.1 Å². The molecule has 35 heavy (non-hydrogen) atoms. The first-order valence-electron chi connectivity index (χ1n) is 12.6.